The number of phenols is 1. The molecular formula is C16H21FN2O3. The van der Waals surface area contributed by atoms with Crippen LogP contribution in [0.25, 0.3) is 0 Å². The van der Waals surface area contributed by atoms with Crippen molar-refractivity contribution >= 4 is 5.91 Å². The molecule has 2 aliphatic heterocycles. The first-order valence-electron chi connectivity index (χ1n) is 7.75. The number of rotatable bonds is 2. The number of halogens is 1. The molecule has 1 amide bonds. The zero-order valence-corrected chi connectivity index (χ0v) is 12.4. The van der Waals surface area contributed by atoms with E-state index in [4.69, 9.17) is 4.74 Å². The third-order valence-corrected chi connectivity index (χ3v) is 4.63. The Morgan fingerprint density at radius 3 is 2.91 bits per heavy atom. The fourth-order valence-corrected chi connectivity index (χ4v) is 3.37. The lowest BCUT2D eigenvalue weighted by molar-refractivity contribution is -0.114. The van der Waals surface area contributed by atoms with Crippen LogP contribution in [0.1, 0.15) is 36.0 Å². The van der Waals surface area contributed by atoms with E-state index >= 15 is 0 Å². The number of phenolic OH excluding ortho intramolecular Hbond substituents is 1. The number of hydrogen-bond acceptors (Lipinski definition) is 4. The predicted molar refractivity (Wildman–Crippen MR) is 79.3 cm³/mol. The number of benzene rings is 1. The van der Waals surface area contributed by atoms with Crippen LogP contribution in [-0.4, -0.2) is 42.4 Å². The van der Waals surface area contributed by atoms with E-state index in [1.165, 1.54) is 6.07 Å². The zero-order chi connectivity index (χ0) is 15.6. The summed E-state index contributed by atoms with van der Waals surface area (Å²) in [7, 11) is 0. The molecule has 1 atom stereocenters. The molecule has 2 aliphatic rings. The molecule has 1 aromatic rings. The molecule has 120 valence electrons. The largest absolute Gasteiger partial charge is 0.505 e. The monoisotopic (exact) mass is 308 g/mol. The summed E-state index contributed by atoms with van der Waals surface area (Å²) in [5, 5.41) is 15.7. The van der Waals surface area contributed by atoms with Crippen molar-refractivity contribution in [3.63, 3.8) is 0 Å². The average Bonchev–Trinajstić information content (AvgIpc) is 2.53. The van der Waals surface area contributed by atoms with E-state index in [1.54, 1.807) is 0 Å². The maximum Gasteiger partial charge on any atom is 0.251 e. The second-order valence-electron chi connectivity index (χ2n) is 6.00. The van der Waals surface area contributed by atoms with Crippen LogP contribution < -0.4 is 10.6 Å². The first-order chi connectivity index (χ1) is 10.6. The molecule has 0 aliphatic carbocycles. The highest BCUT2D eigenvalue weighted by atomic mass is 19.1. The summed E-state index contributed by atoms with van der Waals surface area (Å²) >= 11 is 0. The molecule has 0 radical (unpaired) electrons. The molecule has 6 heteroatoms. The van der Waals surface area contributed by atoms with Crippen LogP contribution in [0.4, 0.5) is 4.39 Å². The molecule has 3 N–H and O–H groups in total. The van der Waals surface area contributed by atoms with E-state index in [0.29, 0.717) is 0 Å². The minimum Gasteiger partial charge on any atom is -0.505 e. The molecule has 1 spiro atoms. The van der Waals surface area contributed by atoms with Gasteiger partial charge in [-0.3, -0.25) is 4.79 Å². The molecule has 1 unspecified atom stereocenters. The Morgan fingerprint density at radius 1 is 1.41 bits per heavy atom. The van der Waals surface area contributed by atoms with E-state index in [9.17, 15) is 14.3 Å². The first kappa shape index (κ1) is 15.2. The Kier molecular flexibility index (Phi) is 4.31. The van der Waals surface area contributed by atoms with Gasteiger partial charge in [0.2, 0.25) is 0 Å². The Balaban J connectivity index is 1.74. The van der Waals surface area contributed by atoms with Gasteiger partial charge in [0.25, 0.3) is 5.91 Å². The summed E-state index contributed by atoms with van der Waals surface area (Å²) in [4.78, 5) is 12.4. The maximum absolute atomic E-state index is 13.1. The first-order valence-corrected chi connectivity index (χ1v) is 7.75. The molecule has 3 rings (SSSR count). The topological polar surface area (TPSA) is 70.6 Å². The molecule has 0 saturated carbocycles. The summed E-state index contributed by atoms with van der Waals surface area (Å²) < 4.78 is 19.1. The number of carbonyl (C=O) groups is 1. The molecule has 0 aromatic heterocycles. The smallest absolute Gasteiger partial charge is 0.251 e. The van der Waals surface area contributed by atoms with Crippen LogP contribution in [0.5, 0.6) is 5.75 Å². The number of carbonyl (C=O) groups excluding carboxylic acids is 1. The summed E-state index contributed by atoms with van der Waals surface area (Å²) in [6.07, 6.45) is 3.52. The van der Waals surface area contributed by atoms with Crippen molar-refractivity contribution in [3.05, 3.63) is 29.6 Å². The van der Waals surface area contributed by atoms with Gasteiger partial charge in [-0.25, -0.2) is 4.39 Å². The van der Waals surface area contributed by atoms with Crippen molar-refractivity contribution in [2.75, 3.05) is 19.7 Å². The molecular weight excluding hydrogens is 287 g/mol. The SMILES string of the molecule is O=C(NC1CCCOC12CCNCC2)c1ccc(F)c(O)c1. The lowest BCUT2D eigenvalue weighted by atomic mass is 9.80. The van der Waals surface area contributed by atoms with Gasteiger partial charge in [0.1, 0.15) is 0 Å². The van der Waals surface area contributed by atoms with E-state index in [1.807, 2.05) is 0 Å². The molecule has 22 heavy (non-hydrogen) atoms. The number of amides is 1. The van der Waals surface area contributed by atoms with Crippen LogP contribution in [0.15, 0.2) is 18.2 Å². The Bertz CT molecular complexity index is 550. The van der Waals surface area contributed by atoms with Gasteiger partial charge in [0.15, 0.2) is 11.6 Å². The highest BCUT2D eigenvalue weighted by Gasteiger charge is 2.43. The van der Waals surface area contributed by atoms with Crippen molar-refractivity contribution in [3.8, 4) is 5.75 Å². The van der Waals surface area contributed by atoms with Gasteiger partial charge >= 0.3 is 0 Å². The Labute approximate surface area is 128 Å². The average molecular weight is 308 g/mol. The minimum absolute atomic E-state index is 0.0527. The molecule has 2 saturated heterocycles. The van der Waals surface area contributed by atoms with Crippen molar-refractivity contribution in [1.29, 1.82) is 0 Å². The van der Waals surface area contributed by atoms with Gasteiger partial charge in [-0.1, -0.05) is 0 Å². The second-order valence-corrected chi connectivity index (χ2v) is 6.00. The van der Waals surface area contributed by atoms with E-state index in [2.05, 4.69) is 10.6 Å². The highest BCUT2D eigenvalue weighted by molar-refractivity contribution is 5.94. The van der Waals surface area contributed by atoms with Gasteiger partial charge in [-0.15, -0.1) is 0 Å². The summed E-state index contributed by atoms with van der Waals surface area (Å²) in [5.74, 6) is -1.54. The summed E-state index contributed by atoms with van der Waals surface area (Å²) in [6, 6.07) is 3.58. The summed E-state index contributed by atoms with van der Waals surface area (Å²) in [5.41, 5.74) is -0.0464. The summed E-state index contributed by atoms with van der Waals surface area (Å²) in [6.45, 7) is 2.48. The number of nitrogens with one attached hydrogen (secondary N) is 2. The van der Waals surface area contributed by atoms with Gasteiger partial charge in [0, 0.05) is 12.2 Å². The van der Waals surface area contributed by atoms with Crippen LogP contribution in [0.3, 0.4) is 0 Å². The number of aromatic hydroxyl groups is 1. The van der Waals surface area contributed by atoms with E-state index < -0.39 is 11.6 Å². The van der Waals surface area contributed by atoms with Crippen LogP contribution in [-0.2, 0) is 4.74 Å². The van der Waals surface area contributed by atoms with Crippen LogP contribution in [0, 0.1) is 5.82 Å². The Morgan fingerprint density at radius 2 is 2.18 bits per heavy atom. The van der Waals surface area contributed by atoms with E-state index in [-0.39, 0.29) is 23.1 Å². The van der Waals surface area contributed by atoms with Crippen LogP contribution in [0.2, 0.25) is 0 Å². The second kappa shape index (κ2) is 6.22. The Hall–Kier alpha value is -1.66. The van der Waals surface area contributed by atoms with Crippen LogP contribution >= 0.6 is 0 Å². The fourth-order valence-electron chi connectivity index (χ4n) is 3.37. The number of piperidine rings is 1. The predicted octanol–water partition coefficient (Wildman–Crippen LogP) is 1.56. The quantitative estimate of drug-likeness (QED) is 0.775. The molecule has 5 nitrogen and oxygen atoms in total. The third kappa shape index (κ3) is 2.94. The maximum atomic E-state index is 13.1. The molecule has 0 bridgehead atoms. The lowest BCUT2D eigenvalue weighted by Gasteiger charge is -2.46. The van der Waals surface area contributed by atoms with E-state index in [0.717, 1.165) is 57.5 Å². The van der Waals surface area contributed by atoms with Gasteiger partial charge < -0.3 is 20.5 Å². The minimum atomic E-state index is -0.729. The van der Waals surface area contributed by atoms with Crippen molar-refractivity contribution in [2.45, 2.75) is 37.3 Å². The van der Waals surface area contributed by atoms with Gasteiger partial charge in [-0.05, 0) is 57.0 Å². The van der Waals surface area contributed by atoms with Crippen molar-refractivity contribution in [1.82, 2.24) is 10.6 Å². The van der Waals surface area contributed by atoms with Gasteiger partial charge in [0.05, 0.1) is 11.6 Å². The molecule has 1 aromatic carbocycles. The molecule has 2 fully saturated rings. The van der Waals surface area contributed by atoms with Crippen molar-refractivity contribution < 1.29 is 19.0 Å². The molecule has 2 heterocycles. The highest BCUT2D eigenvalue weighted by Crippen LogP contribution is 2.33. The zero-order valence-electron chi connectivity index (χ0n) is 12.4. The normalized spacial score (nSPS) is 24.1. The third-order valence-electron chi connectivity index (χ3n) is 4.63. The number of hydrogen-bond donors (Lipinski definition) is 3. The standard InChI is InChI=1S/C16H21FN2O3/c17-12-4-3-11(10-13(12)20)15(21)19-14-2-1-9-22-16(14)5-7-18-8-6-16/h3-4,10,14,18,20H,1-2,5-9H2,(H,19,21). The lowest BCUT2D eigenvalue weighted by Crippen LogP contribution is -2.60. The fraction of sp³-hybridized carbons (Fsp3) is 0.562. The van der Waals surface area contributed by atoms with Crippen molar-refractivity contribution in [2.24, 2.45) is 0 Å². The number of ether oxygens (including phenoxy) is 1. The van der Waals surface area contributed by atoms with Gasteiger partial charge in [-0.2, -0.15) is 0 Å².